The lowest BCUT2D eigenvalue weighted by Gasteiger charge is -2.42. The van der Waals surface area contributed by atoms with Gasteiger partial charge in [-0.05, 0) is 63.1 Å². The number of thiophene rings is 1. The maximum absolute atomic E-state index is 13.7. The molecule has 1 atom stereocenters. The molecule has 3 aliphatic rings. The van der Waals surface area contributed by atoms with Gasteiger partial charge in [0.05, 0.1) is 5.56 Å². The van der Waals surface area contributed by atoms with Crippen LogP contribution in [0.1, 0.15) is 65.0 Å². The minimum absolute atomic E-state index is 0.128. The first-order chi connectivity index (χ1) is 16.0. The van der Waals surface area contributed by atoms with Gasteiger partial charge in [0, 0.05) is 47.4 Å². The molecule has 0 amide bonds. The van der Waals surface area contributed by atoms with E-state index >= 15 is 0 Å². The summed E-state index contributed by atoms with van der Waals surface area (Å²) in [4.78, 5) is 26.0. The number of aryl methyl sites for hydroxylation is 1. The Bertz CT molecular complexity index is 1160. The number of fused-ring (bicyclic) bond motifs is 2. The predicted molar refractivity (Wildman–Crippen MR) is 129 cm³/mol. The minimum Gasteiger partial charge on any atom is -0.401 e. The lowest BCUT2D eigenvalue weighted by atomic mass is 9.62. The van der Waals surface area contributed by atoms with Gasteiger partial charge in [0.25, 0.3) is 0 Å². The average Bonchev–Trinajstić information content (AvgIpc) is 2.99. The number of aromatic nitrogens is 2. The Kier molecular flexibility index (Phi) is 5.81. The fourth-order valence-electron chi connectivity index (χ4n) is 5.67. The maximum atomic E-state index is 13.7. The van der Waals surface area contributed by atoms with Crippen LogP contribution in [0.25, 0.3) is 0 Å². The summed E-state index contributed by atoms with van der Waals surface area (Å²) in [5.41, 5.74) is 15.7. The van der Waals surface area contributed by atoms with Crippen molar-refractivity contribution in [1.29, 1.82) is 5.26 Å². The number of carbonyl (C=O) groups is 1. The molecular weight excluding hydrogens is 434 g/mol. The van der Waals surface area contributed by atoms with Crippen LogP contribution in [0.15, 0.2) is 23.5 Å². The fourth-order valence-corrected chi connectivity index (χ4v) is 6.84. The van der Waals surface area contributed by atoms with Gasteiger partial charge in [0.1, 0.15) is 16.8 Å². The topological polar surface area (TPSA) is 134 Å². The molecule has 0 bridgehead atoms. The molecule has 172 valence electrons. The van der Waals surface area contributed by atoms with Gasteiger partial charge in [-0.2, -0.15) is 5.26 Å². The minimum atomic E-state index is -0.484. The van der Waals surface area contributed by atoms with Crippen LogP contribution < -0.4 is 21.7 Å². The number of nitrogens with one attached hydrogen (secondary N) is 1. The molecule has 0 radical (unpaired) electrons. The summed E-state index contributed by atoms with van der Waals surface area (Å²) in [6, 6.07) is 3.99. The first-order valence-corrected chi connectivity index (χ1v) is 12.5. The molecule has 2 aliphatic carbocycles. The van der Waals surface area contributed by atoms with Crippen molar-refractivity contribution >= 4 is 28.1 Å². The SMILES string of the molecule is N#Cc1c(N)sc2c1[C@]1(CCCC(C(=O)c3ccnc(N4CCCNCC4)n3)=C1N)CCC2. The monoisotopic (exact) mass is 463 g/mol. The molecule has 8 nitrogen and oxygen atoms in total. The van der Waals surface area contributed by atoms with E-state index in [2.05, 4.69) is 26.3 Å². The number of hydrogen-bond donors (Lipinski definition) is 3. The van der Waals surface area contributed by atoms with Crippen LogP contribution in [0, 0.1) is 11.3 Å². The standard InChI is InChI=1S/C24H29N7OS/c25-14-16-19-18(33-22(16)27)5-2-8-24(19)7-1-4-15(21(24)26)20(32)17-6-10-29-23(30-17)31-12-3-9-28-11-13-31/h6,10,28H,1-5,7-9,11-13,26-27H2/t24-/m0/s1. The van der Waals surface area contributed by atoms with E-state index in [0.717, 1.165) is 75.1 Å². The number of nitrogens with two attached hydrogens (primary N) is 2. The van der Waals surface area contributed by atoms with E-state index in [1.807, 2.05) is 0 Å². The van der Waals surface area contributed by atoms with Gasteiger partial charge < -0.3 is 21.7 Å². The molecule has 33 heavy (non-hydrogen) atoms. The predicted octanol–water partition coefficient (Wildman–Crippen LogP) is 2.65. The van der Waals surface area contributed by atoms with Gasteiger partial charge in [-0.25, -0.2) is 9.97 Å². The third-order valence-electron chi connectivity index (χ3n) is 7.25. The van der Waals surface area contributed by atoms with Crippen LogP contribution in [0.4, 0.5) is 10.9 Å². The van der Waals surface area contributed by atoms with Crippen LogP contribution >= 0.6 is 11.3 Å². The second kappa shape index (κ2) is 8.76. The summed E-state index contributed by atoms with van der Waals surface area (Å²) >= 11 is 1.50. The highest BCUT2D eigenvalue weighted by Crippen LogP contribution is 2.53. The molecule has 0 saturated carbocycles. The first-order valence-electron chi connectivity index (χ1n) is 11.7. The molecular formula is C24H29N7OS. The van der Waals surface area contributed by atoms with E-state index < -0.39 is 5.41 Å². The van der Waals surface area contributed by atoms with Gasteiger partial charge in [-0.1, -0.05) is 0 Å². The summed E-state index contributed by atoms with van der Waals surface area (Å²) in [7, 11) is 0. The van der Waals surface area contributed by atoms with Crippen molar-refractivity contribution < 1.29 is 4.79 Å². The van der Waals surface area contributed by atoms with Crippen LogP contribution in [0.2, 0.25) is 0 Å². The molecule has 1 fully saturated rings. The zero-order chi connectivity index (χ0) is 23.0. The van der Waals surface area contributed by atoms with Gasteiger partial charge in [0.15, 0.2) is 0 Å². The molecule has 1 spiro atoms. The zero-order valence-corrected chi connectivity index (χ0v) is 19.5. The molecule has 1 saturated heterocycles. The molecule has 0 aromatic carbocycles. The van der Waals surface area contributed by atoms with Crippen molar-refractivity contribution in [1.82, 2.24) is 15.3 Å². The second-order valence-electron chi connectivity index (χ2n) is 9.09. The molecule has 2 aromatic heterocycles. The first kappa shape index (κ1) is 21.9. The molecule has 5 N–H and O–H groups in total. The van der Waals surface area contributed by atoms with E-state index in [1.165, 1.54) is 11.3 Å². The number of allylic oxidation sites excluding steroid dienone is 2. The zero-order valence-electron chi connectivity index (χ0n) is 18.7. The molecule has 9 heteroatoms. The molecule has 0 unspecified atom stereocenters. The summed E-state index contributed by atoms with van der Waals surface area (Å²) in [5, 5.41) is 13.8. The number of nitrogens with zero attached hydrogens (tertiary/aromatic N) is 4. The van der Waals surface area contributed by atoms with Gasteiger partial charge in [-0.3, -0.25) is 4.79 Å². The largest absolute Gasteiger partial charge is 0.401 e. The van der Waals surface area contributed by atoms with Crippen molar-refractivity contribution in [2.24, 2.45) is 5.73 Å². The summed E-state index contributed by atoms with van der Waals surface area (Å²) in [6.07, 6.45) is 7.69. The highest BCUT2D eigenvalue weighted by molar-refractivity contribution is 7.16. The van der Waals surface area contributed by atoms with Crippen LogP contribution in [-0.4, -0.2) is 41.9 Å². The second-order valence-corrected chi connectivity index (χ2v) is 10.2. The fraction of sp³-hybridized carbons (Fsp3) is 0.500. The molecule has 5 rings (SSSR count). The number of rotatable bonds is 3. The molecule has 3 heterocycles. The number of nitriles is 1. The van der Waals surface area contributed by atoms with E-state index in [-0.39, 0.29) is 5.78 Å². The summed E-state index contributed by atoms with van der Waals surface area (Å²) < 4.78 is 0. The highest BCUT2D eigenvalue weighted by Gasteiger charge is 2.46. The Morgan fingerprint density at radius 2 is 2.00 bits per heavy atom. The van der Waals surface area contributed by atoms with Crippen LogP contribution in [-0.2, 0) is 11.8 Å². The quantitative estimate of drug-likeness (QED) is 0.592. The van der Waals surface area contributed by atoms with Gasteiger partial charge in [0.2, 0.25) is 11.7 Å². The van der Waals surface area contributed by atoms with E-state index in [1.54, 1.807) is 12.3 Å². The van der Waals surface area contributed by atoms with Crippen molar-refractivity contribution in [2.75, 3.05) is 36.8 Å². The molecule has 1 aliphatic heterocycles. The van der Waals surface area contributed by atoms with E-state index in [4.69, 9.17) is 11.5 Å². The smallest absolute Gasteiger partial charge is 0.226 e. The lowest BCUT2D eigenvalue weighted by molar-refractivity contribution is 0.101. The number of hydrogen-bond acceptors (Lipinski definition) is 9. The molecule has 2 aromatic rings. The van der Waals surface area contributed by atoms with Crippen LogP contribution in [0.5, 0.6) is 0 Å². The maximum Gasteiger partial charge on any atom is 0.226 e. The number of anilines is 2. The number of ketones is 1. The van der Waals surface area contributed by atoms with Crippen molar-refractivity contribution in [3.05, 3.63) is 45.2 Å². The van der Waals surface area contributed by atoms with Crippen LogP contribution in [0.3, 0.4) is 0 Å². The Morgan fingerprint density at radius 3 is 2.82 bits per heavy atom. The third kappa shape index (κ3) is 3.67. The Balaban J connectivity index is 1.54. The normalized spacial score (nSPS) is 23.2. The summed E-state index contributed by atoms with van der Waals surface area (Å²) in [5.74, 6) is 0.462. The van der Waals surface area contributed by atoms with E-state index in [9.17, 15) is 10.1 Å². The van der Waals surface area contributed by atoms with Crippen molar-refractivity contribution in [3.63, 3.8) is 0 Å². The number of nitrogen functional groups attached to an aromatic ring is 1. The average molecular weight is 464 g/mol. The number of carbonyl (C=O) groups excluding carboxylic acids is 1. The Hall–Kier alpha value is -2.96. The Labute approximate surface area is 197 Å². The highest BCUT2D eigenvalue weighted by atomic mass is 32.1. The van der Waals surface area contributed by atoms with Crippen molar-refractivity contribution in [3.8, 4) is 6.07 Å². The van der Waals surface area contributed by atoms with Crippen molar-refractivity contribution in [2.45, 2.75) is 50.4 Å². The van der Waals surface area contributed by atoms with Gasteiger partial charge in [-0.15, -0.1) is 11.3 Å². The lowest BCUT2D eigenvalue weighted by Crippen LogP contribution is -2.40. The third-order valence-corrected chi connectivity index (χ3v) is 8.33. The summed E-state index contributed by atoms with van der Waals surface area (Å²) in [6.45, 7) is 3.51. The number of Topliss-reactive ketones (excluding diaryl/α,β-unsaturated/α-hetero) is 1. The Morgan fingerprint density at radius 1 is 1.18 bits per heavy atom. The van der Waals surface area contributed by atoms with Gasteiger partial charge >= 0.3 is 0 Å². The van der Waals surface area contributed by atoms with E-state index in [0.29, 0.717) is 39.9 Å².